The number of azide groups is 1. The fourth-order valence-electron chi connectivity index (χ4n) is 1.95. The van der Waals surface area contributed by atoms with E-state index >= 15 is 0 Å². The molecular formula is C16H16FN3O3. The van der Waals surface area contributed by atoms with Crippen LogP contribution in [0, 0.1) is 5.82 Å². The van der Waals surface area contributed by atoms with Crippen molar-refractivity contribution in [2.75, 3.05) is 6.54 Å². The Morgan fingerprint density at radius 3 is 2.35 bits per heavy atom. The number of aliphatic hydroxyl groups excluding tert-OH is 2. The first kappa shape index (κ1) is 16.8. The number of ether oxygens (including phenoxy) is 1. The molecule has 2 N–H and O–H groups in total. The number of aliphatic hydroxyl groups is 2. The van der Waals surface area contributed by atoms with E-state index in [0.29, 0.717) is 17.9 Å². The summed E-state index contributed by atoms with van der Waals surface area (Å²) >= 11 is 0. The Morgan fingerprint density at radius 1 is 1.09 bits per heavy atom. The molecule has 0 radical (unpaired) electrons. The predicted molar refractivity (Wildman–Crippen MR) is 82.2 cm³/mol. The van der Waals surface area contributed by atoms with Gasteiger partial charge in [0.1, 0.15) is 24.3 Å². The number of hydrogen-bond acceptors (Lipinski definition) is 4. The molecule has 0 saturated heterocycles. The van der Waals surface area contributed by atoms with Gasteiger partial charge < -0.3 is 14.9 Å². The van der Waals surface area contributed by atoms with Crippen molar-refractivity contribution in [3.63, 3.8) is 0 Å². The van der Waals surface area contributed by atoms with Gasteiger partial charge in [-0.1, -0.05) is 29.4 Å². The zero-order valence-corrected chi connectivity index (χ0v) is 12.2. The molecule has 0 aliphatic heterocycles. The van der Waals surface area contributed by atoms with Crippen LogP contribution in [0.2, 0.25) is 0 Å². The minimum Gasteiger partial charge on any atom is -0.489 e. The second-order valence-corrected chi connectivity index (χ2v) is 4.91. The van der Waals surface area contributed by atoms with Crippen molar-refractivity contribution < 1.29 is 19.3 Å². The van der Waals surface area contributed by atoms with Crippen molar-refractivity contribution in [3.8, 4) is 5.75 Å². The third-order valence-electron chi connectivity index (χ3n) is 3.24. The summed E-state index contributed by atoms with van der Waals surface area (Å²) in [6.45, 7) is 0.0855. The third kappa shape index (κ3) is 4.96. The molecular weight excluding hydrogens is 301 g/mol. The van der Waals surface area contributed by atoms with Crippen LogP contribution in [0.1, 0.15) is 17.2 Å². The minimum atomic E-state index is -1.17. The van der Waals surface area contributed by atoms with E-state index in [1.807, 2.05) is 0 Å². The fraction of sp³-hybridized carbons (Fsp3) is 0.250. The average molecular weight is 317 g/mol. The van der Waals surface area contributed by atoms with Crippen molar-refractivity contribution in [1.82, 2.24) is 0 Å². The highest BCUT2D eigenvalue weighted by Crippen LogP contribution is 2.21. The molecule has 0 bridgehead atoms. The van der Waals surface area contributed by atoms with Crippen LogP contribution in [-0.2, 0) is 6.61 Å². The first-order valence-electron chi connectivity index (χ1n) is 6.94. The van der Waals surface area contributed by atoms with Gasteiger partial charge >= 0.3 is 0 Å². The molecule has 0 saturated carbocycles. The molecule has 2 unspecified atom stereocenters. The zero-order chi connectivity index (χ0) is 16.7. The van der Waals surface area contributed by atoms with Crippen molar-refractivity contribution in [3.05, 3.63) is 75.9 Å². The minimum absolute atomic E-state index is 0.208. The van der Waals surface area contributed by atoms with E-state index in [-0.39, 0.29) is 12.4 Å². The molecule has 23 heavy (non-hydrogen) atoms. The number of rotatable bonds is 7. The molecule has 2 aromatic carbocycles. The number of benzene rings is 2. The SMILES string of the molecule is [N-]=[N+]=NCC(O)C(O)c1ccc(OCc2ccc(F)cc2)cc1. The molecule has 2 atom stereocenters. The summed E-state index contributed by atoms with van der Waals surface area (Å²) in [6, 6.07) is 12.5. The fourth-order valence-corrected chi connectivity index (χ4v) is 1.95. The Hall–Kier alpha value is -2.60. The molecule has 2 rings (SSSR count). The molecule has 0 aromatic heterocycles. The highest BCUT2D eigenvalue weighted by atomic mass is 19.1. The Kier molecular flexibility index (Phi) is 5.94. The summed E-state index contributed by atoms with van der Waals surface area (Å²) in [5.74, 6) is 0.279. The summed E-state index contributed by atoms with van der Waals surface area (Å²) in [5.41, 5.74) is 9.52. The van der Waals surface area contributed by atoms with Crippen LogP contribution in [0.4, 0.5) is 4.39 Å². The second-order valence-electron chi connectivity index (χ2n) is 4.91. The Balaban J connectivity index is 1.93. The van der Waals surface area contributed by atoms with Crippen LogP contribution in [0.3, 0.4) is 0 Å². The first-order chi connectivity index (χ1) is 11.1. The summed E-state index contributed by atoms with van der Waals surface area (Å²) in [4.78, 5) is 2.53. The molecule has 0 heterocycles. The third-order valence-corrected chi connectivity index (χ3v) is 3.24. The van der Waals surface area contributed by atoms with Crippen LogP contribution in [-0.4, -0.2) is 22.9 Å². The lowest BCUT2D eigenvalue weighted by Gasteiger charge is -2.16. The quantitative estimate of drug-likeness (QED) is 0.466. The maximum atomic E-state index is 12.8. The van der Waals surface area contributed by atoms with Gasteiger partial charge in [-0.05, 0) is 40.9 Å². The lowest BCUT2D eigenvalue weighted by atomic mass is 10.0. The van der Waals surface area contributed by atoms with Crippen molar-refractivity contribution in [2.45, 2.75) is 18.8 Å². The second kappa shape index (κ2) is 8.14. The van der Waals surface area contributed by atoms with Crippen molar-refractivity contribution in [2.24, 2.45) is 5.11 Å². The zero-order valence-electron chi connectivity index (χ0n) is 12.2. The van der Waals surface area contributed by atoms with E-state index in [1.54, 1.807) is 36.4 Å². The van der Waals surface area contributed by atoms with Gasteiger partial charge in [0.05, 0.1) is 12.6 Å². The van der Waals surface area contributed by atoms with Gasteiger partial charge in [0.15, 0.2) is 0 Å². The summed E-state index contributed by atoms with van der Waals surface area (Å²) in [6.07, 6.45) is -2.32. The smallest absolute Gasteiger partial charge is 0.123 e. The van der Waals surface area contributed by atoms with Crippen LogP contribution in [0.5, 0.6) is 5.75 Å². The van der Waals surface area contributed by atoms with E-state index < -0.39 is 12.2 Å². The largest absolute Gasteiger partial charge is 0.489 e. The molecule has 0 fully saturated rings. The summed E-state index contributed by atoms with van der Waals surface area (Å²) in [7, 11) is 0. The molecule has 7 heteroatoms. The van der Waals surface area contributed by atoms with Crippen LogP contribution in [0.15, 0.2) is 53.6 Å². The van der Waals surface area contributed by atoms with E-state index in [2.05, 4.69) is 10.0 Å². The van der Waals surface area contributed by atoms with E-state index in [1.165, 1.54) is 12.1 Å². The molecule has 120 valence electrons. The Bertz CT molecular complexity index is 670. The maximum Gasteiger partial charge on any atom is 0.123 e. The molecule has 6 nitrogen and oxygen atoms in total. The number of nitrogens with zero attached hydrogens (tertiary/aromatic N) is 3. The molecule has 0 amide bonds. The first-order valence-corrected chi connectivity index (χ1v) is 6.94. The Labute approximate surface area is 132 Å². The number of hydrogen-bond donors (Lipinski definition) is 2. The highest BCUT2D eigenvalue weighted by Gasteiger charge is 2.17. The highest BCUT2D eigenvalue weighted by molar-refractivity contribution is 5.29. The lowest BCUT2D eigenvalue weighted by Crippen LogP contribution is -2.21. The molecule has 0 aliphatic carbocycles. The van der Waals surface area contributed by atoms with E-state index in [4.69, 9.17) is 10.3 Å². The van der Waals surface area contributed by atoms with Crippen LogP contribution < -0.4 is 4.74 Å². The van der Waals surface area contributed by atoms with Gasteiger partial charge in [-0.25, -0.2) is 4.39 Å². The van der Waals surface area contributed by atoms with Gasteiger partial charge in [0.25, 0.3) is 0 Å². The standard InChI is InChI=1S/C16H16FN3O3/c17-13-5-1-11(2-6-13)10-23-14-7-3-12(4-8-14)16(22)15(21)9-19-20-18/h1-8,15-16,21-22H,9-10H2. The number of halogens is 1. The van der Waals surface area contributed by atoms with E-state index in [0.717, 1.165) is 5.56 Å². The van der Waals surface area contributed by atoms with Crippen LogP contribution >= 0.6 is 0 Å². The topological polar surface area (TPSA) is 98.5 Å². The molecule has 0 spiro atoms. The normalized spacial score (nSPS) is 13.0. The van der Waals surface area contributed by atoms with Gasteiger partial charge in [-0.3, -0.25) is 0 Å². The monoisotopic (exact) mass is 317 g/mol. The van der Waals surface area contributed by atoms with E-state index in [9.17, 15) is 14.6 Å². The van der Waals surface area contributed by atoms with Gasteiger partial charge in [-0.15, -0.1) is 0 Å². The van der Waals surface area contributed by atoms with Crippen LogP contribution in [0.25, 0.3) is 10.4 Å². The molecule has 2 aromatic rings. The Morgan fingerprint density at radius 2 is 1.74 bits per heavy atom. The van der Waals surface area contributed by atoms with Crippen molar-refractivity contribution >= 4 is 0 Å². The maximum absolute atomic E-state index is 12.8. The van der Waals surface area contributed by atoms with Crippen molar-refractivity contribution in [1.29, 1.82) is 0 Å². The lowest BCUT2D eigenvalue weighted by molar-refractivity contribution is 0.0244. The predicted octanol–water partition coefficient (Wildman–Crippen LogP) is 3.11. The van der Waals surface area contributed by atoms with Gasteiger partial charge in [-0.2, -0.15) is 0 Å². The molecule has 0 aliphatic rings. The van der Waals surface area contributed by atoms with Gasteiger partial charge in [0.2, 0.25) is 0 Å². The summed E-state index contributed by atoms with van der Waals surface area (Å²) < 4.78 is 18.4. The summed E-state index contributed by atoms with van der Waals surface area (Å²) in [5, 5.41) is 22.8. The average Bonchev–Trinajstić information content (AvgIpc) is 2.59. The van der Waals surface area contributed by atoms with Gasteiger partial charge in [0, 0.05) is 4.91 Å².